The Labute approximate surface area is 192 Å². The van der Waals surface area contributed by atoms with E-state index in [9.17, 15) is 9.59 Å². The number of piperidine rings is 1. The molecule has 0 saturated carbocycles. The second-order valence-electron chi connectivity index (χ2n) is 7.14. The van der Waals surface area contributed by atoms with E-state index in [4.69, 9.17) is 16.3 Å². The standard InChI is InChI=1S/C20H22ClN5O3S2/c1-25-18(28)16-17(24-20(31-16)26-8-4-3-5-9-26)23-19(25)30-11-15(27)22-12-6-7-14(29-2)13(21)10-12/h6-7,10H,3-5,8-9,11H2,1-2H3,(H,22,27). The molecule has 1 aliphatic heterocycles. The van der Waals surface area contributed by atoms with Crippen molar-refractivity contribution in [3.05, 3.63) is 33.6 Å². The van der Waals surface area contributed by atoms with Crippen LogP contribution in [0.5, 0.6) is 5.75 Å². The number of anilines is 2. The van der Waals surface area contributed by atoms with E-state index < -0.39 is 0 Å². The van der Waals surface area contributed by atoms with Crippen LogP contribution in [0, 0.1) is 0 Å². The maximum atomic E-state index is 12.8. The number of methoxy groups -OCH3 is 1. The number of amides is 1. The Morgan fingerprint density at radius 1 is 1.29 bits per heavy atom. The second-order valence-corrected chi connectivity index (χ2v) is 9.47. The Bertz CT molecular complexity index is 1170. The molecule has 1 aliphatic rings. The number of carbonyl (C=O) groups excluding carboxylic acids is 1. The van der Waals surface area contributed by atoms with Gasteiger partial charge in [-0.3, -0.25) is 14.2 Å². The fourth-order valence-electron chi connectivity index (χ4n) is 3.34. The number of thioether (sulfide) groups is 1. The van der Waals surface area contributed by atoms with Crippen molar-refractivity contribution >= 4 is 61.8 Å². The lowest BCUT2D eigenvalue weighted by molar-refractivity contribution is -0.113. The lowest BCUT2D eigenvalue weighted by Crippen LogP contribution is -2.29. The van der Waals surface area contributed by atoms with Crippen LogP contribution in [0.1, 0.15) is 19.3 Å². The third-order valence-electron chi connectivity index (χ3n) is 4.98. The van der Waals surface area contributed by atoms with Gasteiger partial charge in [0.15, 0.2) is 15.9 Å². The highest BCUT2D eigenvalue weighted by atomic mass is 35.5. The van der Waals surface area contributed by atoms with Crippen LogP contribution in [0.3, 0.4) is 0 Å². The smallest absolute Gasteiger partial charge is 0.273 e. The van der Waals surface area contributed by atoms with E-state index in [0.717, 1.165) is 31.1 Å². The van der Waals surface area contributed by atoms with E-state index in [0.29, 0.717) is 32.0 Å². The molecular weight excluding hydrogens is 458 g/mol. The van der Waals surface area contributed by atoms with E-state index in [-0.39, 0.29) is 17.2 Å². The number of fused-ring (bicyclic) bond motifs is 1. The van der Waals surface area contributed by atoms with Crippen LogP contribution in [0.25, 0.3) is 10.3 Å². The molecule has 0 atom stereocenters. The summed E-state index contributed by atoms with van der Waals surface area (Å²) in [5, 5.41) is 4.50. The number of hydrogen-bond acceptors (Lipinski definition) is 8. The molecule has 1 N–H and O–H groups in total. The fourth-order valence-corrected chi connectivity index (χ4v) is 5.39. The van der Waals surface area contributed by atoms with Gasteiger partial charge in [0.25, 0.3) is 5.56 Å². The lowest BCUT2D eigenvalue weighted by atomic mass is 10.1. The average molecular weight is 480 g/mol. The quantitative estimate of drug-likeness (QED) is 0.425. The van der Waals surface area contributed by atoms with Gasteiger partial charge in [0.2, 0.25) is 5.91 Å². The summed E-state index contributed by atoms with van der Waals surface area (Å²) in [5.74, 6) is 0.403. The van der Waals surface area contributed by atoms with Crippen LogP contribution in [0.2, 0.25) is 5.02 Å². The van der Waals surface area contributed by atoms with Gasteiger partial charge in [-0.2, -0.15) is 4.98 Å². The molecular formula is C20H22ClN5O3S2. The molecule has 4 rings (SSSR count). The molecule has 1 aromatic carbocycles. The van der Waals surface area contributed by atoms with Crippen LogP contribution in [0.15, 0.2) is 28.2 Å². The summed E-state index contributed by atoms with van der Waals surface area (Å²) < 4.78 is 7.13. The van der Waals surface area contributed by atoms with Crippen molar-refractivity contribution in [1.82, 2.24) is 14.5 Å². The monoisotopic (exact) mass is 479 g/mol. The summed E-state index contributed by atoms with van der Waals surface area (Å²) in [7, 11) is 3.20. The van der Waals surface area contributed by atoms with Crippen molar-refractivity contribution < 1.29 is 9.53 Å². The first kappa shape index (κ1) is 21.9. The van der Waals surface area contributed by atoms with Crippen LogP contribution in [-0.2, 0) is 11.8 Å². The predicted molar refractivity (Wildman–Crippen MR) is 126 cm³/mol. The zero-order valence-corrected chi connectivity index (χ0v) is 19.6. The van der Waals surface area contributed by atoms with Crippen molar-refractivity contribution in [2.24, 2.45) is 7.05 Å². The van der Waals surface area contributed by atoms with Crippen molar-refractivity contribution in [2.45, 2.75) is 24.4 Å². The minimum absolute atomic E-state index is 0.0958. The number of carbonyl (C=O) groups is 1. The largest absolute Gasteiger partial charge is 0.495 e. The number of nitrogens with one attached hydrogen (secondary N) is 1. The van der Waals surface area contributed by atoms with E-state index in [2.05, 4.69) is 20.2 Å². The van der Waals surface area contributed by atoms with E-state index in [1.807, 2.05) is 0 Å². The summed E-state index contributed by atoms with van der Waals surface area (Å²) in [6, 6.07) is 5.03. The first-order chi connectivity index (χ1) is 15.0. The molecule has 1 saturated heterocycles. The van der Waals surface area contributed by atoms with Crippen molar-refractivity contribution in [1.29, 1.82) is 0 Å². The number of nitrogens with zero attached hydrogens (tertiary/aromatic N) is 4. The zero-order valence-electron chi connectivity index (χ0n) is 17.2. The Morgan fingerprint density at radius 3 is 2.77 bits per heavy atom. The normalized spacial score (nSPS) is 14.1. The minimum Gasteiger partial charge on any atom is -0.495 e. The SMILES string of the molecule is COc1ccc(NC(=O)CSc2nc3nc(N4CCCCC4)sc3c(=O)n2C)cc1Cl. The molecule has 11 heteroatoms. The molecule has 0 unspecified atom stereocenters. The van der Waals surface area contributed by atoms with Crippen LogP contribution >= 0.6 is 34.7 Å². The molecule has 3 heterocycles. The molecule has 3 aromatic rings. The number of halogens is 1. The van der Waals surface area contributed by atoms with Crippen molar-refractivity contribution in [2.75, 3.05) is 36.2 Å². The van der Waals surface area contributed by atoms with Crippen molar-refractivity contribution in [3.63, 3.8) is 0 Å². The number of rotatable bonds is 6. The highest BCUT2D eigenvalue weighted by molar-refractivity contribution is 7.99. The van der Waals surface area contributed by atoms with Gasteiger partial charge in [-0.15, -0.1) is 0 Å². The number of ether oxygens (including phenoxy) is 1. The number of benzene rings is 1. The molecule has 0 aliphatic carbocycles. The summed E-state index contributed by atoms with van der Waals surface area (Å²) in [4.78, 5) is 36.6. The second kappa shape index (κ2) is 9.46. The highest BCUT2D eigenvalue weighted by Crippen LogP contribution is 2.30. The maximum absolute atomic E-state index is 12.8. The van der Waals surface area contributed by atoms with Crippen LogP contribution < -0.4 is 20.5 Å². The fraction of sp³-hybridized carbons (Fsp3) is 0.400. The van der Waals surface area contributed by atoms with Gasteiger partial charge >= 0.3 is 0 Å². The van der Waals surface area contributed by atoms with E-state index in [1.165, 1.54) is 41.2 Å². The van der Waals surface area contributed by atoms with E-state index >= 15 is 0 Å². The molecule has 8 nitrogen and oxygen atoms in total. The van der Waals surface area contributed by atoms with Gasteiger partial charge in [-0.1, -0.05) is 34.7 Å². The molecule has 164 valence electrons. The maximum Gasteiger partial charge on any atom is 0.273 e. The van der Waals surface area contributed by atoms with Gasteiger partial charge in [0.05, 0.1) is 17.9 Å². The Kier molecular flexibility index (Phi) is 6.68. The third-order valence-corrected chi connectivity index (χ3v) is 7.40. The molecule has 1 amide bonds. The lowest BCUT2D eigenvalue weighted by Gasteiger charge is -2.25. The Morgan fingerprint density at radius 2 is 2.06 bits per heavy atom. The van der Waals surface area contributed by atoms with Gasteiger partial charge in [0.1, 0.15) is 10.4 Å². The number of aromatic nitrogens is 3. The van der Waals surface area contributed by atoms with Crippen LogP contribution in [0.4, 0.5) is 10.8 Å². The van der Waals surface area contributed by atoms with Crippen LogP contribution in [-0.4, -0.2) is 46.4 Å². The zero-order chi connectivity index (χ0) is 22.0. The molecule has 0 spiro atoms. The summed E-state index contributed by atoms with van der Waals surface area (Å²) in [6.45, 7) is 1.91. The summed E-state index contributed by atoms with van der Waals surface area (Å²) >= 11 is 8.68. The topological polar surface area (TPSA) is 89.3 Å². The molecule has 0 radical (unpaired) electrons. The average Bonchev–Trinajstić information content (AvgIpc) is 3.20. The van der Waals surface area contributed by atoms with E-state index in [1.54, 1.807) is 25.2 Å². The van der Waals surface area contributed by atoms with Gasteiger partial charge in [-0.25, -0.2) is 4.98 Å². The number of thiazole rings is 1. The summed E-state index contributed by atoms with van der Waals surface area (Å²) in [6.07, 6.45) is 3.50. The first-order valence-corrected chi connectivity index (χ1v) is 12.0. The molecule has 1 fully saturated rings. The molecule has 0 bridgehead atoms. The minimum atomic E-state index is -0.229. The summed E-state index contributed by atoms with van der Waals surface area (Å²) in [5.41, 5.74) is 0.869. The van der Waals surface area contributed by atoms with Gasteiger partial charge in [0, 0.05) is 25.8 Å². The Balaban J connectivity index is 1.47. The Hall–Kier alpha value is -2.30. The van der Waals surface area contributed by atoms with Crippen molar-refractivity contribution in [3.8, 4) is 5.75 Å². The molecule has 31 heavy (non-hydrogen) atoms. The first-order valence-electron chi connectivity index (χ1n) is 9.85. The third kappa shape index (κ3) is 4.81. The molecule has 2 aromatic heterocycles. The van der Waals surface area contributed by atoms with Gasteiger partial charge in [-0.05, 0) is 37.5 Å². The van der Waals surface area contributed by atoms with Gasteiger partial charge < -0.3 is 15.0 Å². The highest BCUT2D eigenvalue weighted by Gasteiger charge is 2.19. The number of hydrogen-bond donors (Lipinski definition) is 1. The predicted octanol–water partition coefficient (Wildman–Crippen LogP) is 3.77.